The minimum atomic E-state index is 0.582. The quantitative estimate of drug-likeness (QED) is 0.547. The van der Waals surface area contributed by atoms with E-state index in [0.29, 0.717) is 10.0 Å². The van der Waals surface area contributed by atoms with Crippen LogP contribution in [0.25, 0.3) is 0 Å². The number of benzene rings is 1. The van der Waals surface area contributed by atoms with E-state index in [0.717, 1.165) is 10.8 Å². The molecule has 0 saturated heterocycles. The van der Waals surface area contributed by atoms with Crippen LogP contribution in [0.4, 0.5) is 0 Å². The first-order valence-corrected chi connectivity index (χ1v) is 4.04. The van der Waals surface area contributed by atoms with E-state index in [1.807, 2.05) is 19.1 Å². The molecule has 0 bridgehead atoms. The van der Waals surface area contributed by atoms with Crippen LogP contribution < -0.4 is 5.19 Å². The van der Waals surface area contributed by atoms with Crippen LogP contribution in [0.3, 0.4) is 0 Å². The van der Waals surface area contributed by atoms with E-state index < -0.39 is 0 Å². The molecule has 0 aliphatic rings. The van der Waals surface area contributed by atoms with Gasteiger partial charge in [-0.15, -0.1) is 0 Å². The van der Waals surface area contributed by atoms with Gasteiger partial charge in [-0.3, -0.25) is 0 Å². The van der Waals surface area contributed by atoms with E-state index in [1.54, 1.807) is 0 Å². The van der Waals surface area contributed by atoms with Crippen molar-refractivity contribution in [3.63, 3.8) is 0 Å². The van der Waals surface area contributed by atoms with Gasteiger partial charge in [-0.1, -0.05) is 35.3 Å². The molecule has 0 amide bonds. The highest BCUT2D eigenvalue weighted by Crippen LogP contribution is 2.22. The van der Waals surface area contributed by atoms with Gasteiger partial charge in [0.1, 0.15) is 0 Å². The second-order valence-electron chi connectivity index (χ2n) is 2.06. The minimum Gasteiger partial charge on any atom is -0.0829 e. The zero-order valence-corrected chi connectivity index (χ0v) is 7.92. The summed E-state index contributed by atoms with van der Waals surface area (Å²) >= 11 is 11.6. The summed E-state index contributed by atoms with van der Waals surface area (Å²) in [5, 5.41) is 2.03. The Morgan fingerprint density at radius 2 is 1.80 bits per heavy atom. The molecule has 0 fully saturated rings. The third kappa shape index (κ3) is 1.36. The molecule has 1 rings (SSSR count). The Kier molecular flexibility index (Phi) is 2.39. The van der Waals surface area contributed by atoms with Crippen LogP contribution >= 0.6 is 23.2 Å². The van der Waals surface area contributed by atoms with Crippen molar-refractivity contribution < 1.29 is 0 Å². The van der Waals surface area contributed by atoms with E-state index in [-0.39, 0.29) is 0 Å². The number of hydrogen-bond acceptors (Lipinski definition) is 0. The predicted molar refractivity (Wildman–Crippen MR) is 46.6 cm³/mol. The van der Waals surface area contributed by atoms with Gasteiger partial charge in [0.05, 0.1) is 20.3 Å². The average molecular weight is 188 g/mol. The van der Waals surface area contributed by atoms with Crippen LogP contribution in [0.5, 0.6) is 0 Å². The molecule has 0 aliphatic carbocycles. The number of rotatable bonds is 0. The average Bonchev–Trinajstić information content (AvgIpc) is 1.93. The Morgan fingerprint density at radius 3 is 2.30 bits per heavy atom. The maximum Gasteiger partial charge on any atom is 0.0733 e. The summed E-state index contributed by atoms with van der Waals surface area (Å²) in [6.07, 6.45) is 0. The molecule has 51 valence electrons. The van der Waals surface area contributed by atoms with Gasteiger partial charge in [0, 0.05) is 0 Å². The number of hydrogen-bond donors (Lipinski definition) is 0. The second-order valence-corrected chi connectivity index (χ2v) is 3.35. The minimum absolute atomic E-state index is 0.582. The van der Waals surface area contributed by atoms with Crippen molar-refractivity contribution >= 4 is 38.6 Å². The highest BCUT2D eigenvalue weighted by molar-refractivity contribution is 6.50. The third-order valence-corrected chi connectivity index (χ3v) is 2.83. The Labute approximate surface area is 73.6 Å². The Hall–Kier alpha value is 0.0169. The molecule has 0 nitrogen and oxygen atoms in total. The van der Waals surface area contributed by atoms with Crippen molar-refractivity contribution in [1.29, 1.82) is 0 Å². The molecular weight excluding hydrogens is 183 g/mol. The molecule has 3 radical (unpaired) electrons. The SMILES string of the molecule is Cc1ccc([Si])c(Cl)c1Cl. The lowest BCUT2D eigenvalue weighted by Gasteiger charge is -2.01. The third-order valence-electron chi connectivity index (χ3n) is 1.28. The highest BCUT2D eigenvalue weighted by Gasteiger charge is 2.02. The van der Waals surface area contributed by atoms with Crippen LogP contribution in [0.1, 0.15) is 5.56 Å². The molecule has 0 N–H and O–H groups in total. The summed E-state index contributed by atoms with van der Waals surface area (Å²) in [6, 6.07) is 3.79. The van der Waals surface area contributed by atoms with Crippen LogP contribution in [0.15, 0.2) is 12.1 Å². The van der Waals surface area contributed by atoms with Gasteiger partial charge < -0.3 is 0 Å². The summed E-state index contributed by atoms with van der Waals surface area (Å²) in [5.74, 6) is 0. The normalized spacial score (nSPS) is 10.0. The van der Waals surface area contributed by atoms with Crippen LogP contribution in [-0.4, -0.2) is 10.2 Å². The van der Waals surface area contributed by atoms with Crippen molar-refractivity contribution in [3.05, 3.63) is 27.7 Å². The molecule has 1 aromatic carbocycles. The fourth-order valence-corrected chi connectivity index (χ4v) is 1.31. The fourth-order valence-electron chi connectivity index (χ4n) is 0.646. The van der Waals surface area contributed by atoms with E-state index in [4.69, 9.17) is 23.2 Å². The molecule has 1 aromatic rings. The van der Waals surface area contributed by atoms with Crippen molar-refractivity contribution in [3.8, 4) is 0 Å². The van der Waals surface area contributed by atoms with Crippen molar-refractivity contribution in [2.24, 2.45) is 0 Å². The lowest BCUT2D eigenvalue weighted by Crippen LogP contribution is -2.03. The first-order valence-electron chi connectivity index (χ1n) is 2.79. The zero-order valence-electron chi connectivity index (χ0n) is 5.41. The smallest absolute Gasteiger partial charge is 0.0733 e. The van der Waals surface area contributed by atoms with Gasteiger partial charge in [0.15, 0.2) is 0 Å². The lowest BCUT2D eigenvalue weighted by atomic mass is 10.2. The summed E-state index contributed by atoms with van der Waals surface area (Å²) in [5.41, 5.74) is 0.994. The summed E-state index contributed by atoms with van der Waals surface area (Å²) in [7, 11) is 3.31. The van der Waals surface area contributed by atoms with E-state index in [2.05, 4.69) is 10.2 Å². The molecular formula is C7H5Cl2Si. The maximum absolute atomic E-state index is 5.82. The molecule has 0 saturated carbocycles. The number of aryl methyl sites for hydroxylation is 1. The van der Waals surface area contributed by atoms with E-state index in [1.165, 1.54) is 0 Å². The Bertz CT molecular complexity index is 231. The van der Waals surface area contributed by atoms with Gasteiger partial charge in [-0.2, -0.15) is 0 Å². The lowest BCUT2D eigenvalue weighted by molar-refractivity contribution is 1.49. The topological polar surface area (TPSA) is 0 Å². The molecule has 0 aliphatic heterocycles. The summed E-state index contributed by atoms with van der Waals surface area (Å²) in [4.78, 5) is 0. The maximum atomic E-state index is 5.82. The van der Waals surface area contributed by atoms with E-state index in [9.17, 15) is 0 Å². The molecule has 3 heteroatoms. The van der Waals surface area contributed by atoms with Crippen molar-refractivity contribution in [2.75, 3.05) is 0 Å². The zero-order chi connectivity index (χ0) is 7.72. The van der Waals surface area contributed by atoms with Gasteiger partial charge >= 0.3 is 0 Å². The molecule has 0 unspecified atom stereocenters. The first kappa shape index (κ1) is 8.12. The summed E-state index contributed by atoms with van der Waals surface area (Å²) in [6.45, 7) is 1.92. The Morgan fingerprint density at radius 1 is 1.20 bits per heavy atom. The largest absolute Gasteiger partial charge is 0.0829 e. The summed E-state index contributed by atoms with van der Waals surface area (Å²) < 4.78 is 0. The monoisotopic (exact) mass is 187 g/mol. The van der Waals surface area contributed by atoms with Crippen LogP contribution in [-0.2, 0) is 0 Å². The van der Waals surface area contributed by atoms with Gasteiger partial charge in [-0.05, 0) is 17.7 Å². The molecule has 0 spiro atoms. The Balaban J connectivity index is 3.34. The first-order chi connectivity index (χ1) is 4.63. The molecule has 0 heterocycles. The predicted octanol–water partition coefficient (Wildman–Crippen LogP) is 2.10. The van der Waals surface area contributed by atoms with Gasteiger partial charge in [0.2, 0.25) is 0 Å². The van der Waals surface area contributed by atoms with Crippen LogP contribution in [0.2, 0.25) is 10.0 Å². The standard InChI is InChI=1S/C7H5Cl2Si/c1-4-2-3-5(10)7(9)6(4)8/h2-3H,1H3. The van der Waals surface area contributed by atoms with Crippen LogP contribution in [0, 0.1) is 6.92 Å². The molecule has 10 heavy (non-hydrogen) atoms. The molecule has 0 atom stereocenters. The number of halogens is 2. The molecule has 0 aromatic heterocycles. The van der Waals surface area contributed by atoms with Gasteiger partial charge in [-0.25, -0.2) is 0 Å². The van der Waals surface area contributed by atoms with Crippen molar-refractivity contribution in [1.82, 2.24) is 0 Å². The second kappa shape index (κ2) is 2.95. The van der Waals surface area contributed by atoms with E-state index >= 15 is 0 Å². The fraction of sp³-hybridized carbons (Fsp3) is 0.143. The van der Waals surface area contributed by atoms with Gasteiger partial charge in [0.25, 0.3) is 0 Å². The van der Waals surface area contributed by atoms with Crippen molar-refractivity contribution in [2.45, 2.75) is 6.92 Å². The highest BCUT2D eigenvalue weighted by atomic mass is 35.5.